The van der Waals surface area contributed by atoms with E-state index in [1.165, 1.54) is 18.2 Å². The largest absolute Gasteiger partial charge is 0.573 e. The van der Waals surface area contributed by atoms with Crippen LogP contribution in [-0.4, -0.2) is 6.36 Å². The van der Waals surface area contributed by atoms with Gasteiger partial charge in [0, 0.05) is 0 Å². The zero-order chi connectivity index (χ0) is 21.6. The third-order valence-electron chi connectivity index (χ3n) is 6.32. The molecule has 2 aliphatic rings. The average molecular weight is 421 g/mol. The molecule has 0 spiro atoms. The van der Waals surface area contributed by atoms with Crippen LogP contribution < -0.4 is 4.74 Å². The fourth-order valence-electron chi connectivity index (χ4n) is 4.65. The van der Waals surface area contributed by atoms with E-state index in [1.807, 2.05) is 0 Å². The normalized spacial score (nSPS) is 28.3. The number of hydrogen-bond donors (Lipinski definition) is 0. The molecule has 0 unspecified atom stereocenters. The molecule has 0 bridgehead atoms. The van der Waals surface area contributed by atoms with Crippen molar-refractivity contribution in [3.63, 3.8) is 0 Å². The van der Waals surface area contributed by atoms with Gasteiger partial charge in [-0.25, -0.2) is 0 Å². The Hall–Kier alpha value is -2.29. The maximum atomic E-state index is 13.1. The van der Waals surface area contributed by atoms with Gasteiger partial charge in [-0.05, 0) is 98.8 Å². The zero-order valence-corrected chi connectivity index (χ0v) is 16.9. The summed E-state index contributed by atoms with van der Waals surface area (Å²) in [6.07, 6.45) is 9.55. The highest BCUT2D eigenvalue weighted by molar-refractivity contribution is 5.30. The maximum Gasteiger partial charge on any atom is 0.573 e. The van der Waals surface area contributed by atoms with Gasteiger partial charge in [-0.15, -0.1) is 13.2 Å². The van der Waals surface area contributed by atoms with Gasteiger partial charge in [0.2, 0.25) is 0 Å². The van der Waals surface area contributed by atoms with Crippen LogP contribution in [0.1, 0.15) is 62.8 Å². The minimum atomic E-state index is -4.66. The van der Waals surface area contributed by atoms with E-state index < -0.39 is 12.2 Å². The molecule has 0 atom stereocenters. The lowest BCUT2D eigenvalue weighted by Gasteiger charge is -2.28. The molecule has 2 fully saturated rings. The Kier molecular flexibility index (Phi) is 7.58. The van der Waals surface area contributed by atoms with E-state index in [0.29, 0.717) is 17.8 Å². The van der Waals surface area contributed by atoms with Gasteiger partial charge in [0.05, 0.1) is 0 Å². The number of nitriles is 1. The second-order valence-electron chi connectivity index (χ2n) is 8.41. The number of ether oxygens (including phenoxy) is 1. The number of nitrogens with zero attached hydrogens (tertiary/aromatic N) is 1. The molecule has 162 valence electrons. The van der Waals surface area contributed by atoms with E-state index in [9.17, 15) is 17.6 Å². The van der Waals surface area contributed by atoms with Gasteiger partial charge in [-0.3, -0.25) is 0 Å². The summed E-state index contributed by atoms with van der Waals surface area (Å²) in [7, 11) is 0. The fraction of sp³-hybridized carbons (Fsp3) is 0.542. The fourth-order valence-corrected chi connectivity index (χ4v) is 4.65. The number of benzene rings is 1. The highest BCUT2D eigenvalue weighted by Crippen LogP contribution is 2.38. The van der Waals surface area contributed by atoms with E-state index in [1.54, 1.807) is 18.2 Å². The summed E-state index contributed by atoms with van der Waals surface area (Å²) < 4.78 is 53.8. The lowest BCUT2D eigenvalue weighted by atomic mass is 9.77. The topological polar surface area (TPSA) is 33.0 Å². The Morgan fingerprint density at radius 3 is 1.87 bits per heavy atom. The molecule has 0 saturated heterocycles. The van der Waals surface area contributed by atoms with Crippen molar-refractivity contribution < 1.29 is 22.3 Å². The molecule has 6 heteroatoms. The SMILES string of the molecule is N#CC(F)=C[C@H]1CC[C@H](/C=C/[C@H]2CC[C@H](c3ccc(OC(F)(F)F)cc3)CC2)CC1. The van der Waals surface area contributed by atoms with Crippen molar-refractivity contribution in [3.05, 3.63) is 53.9 Å². The van der Waals surface area contributed by atoms with Gasteiger partial charge in [0.15, 0.2) is 5.83 Å². The van der Waals surface area contributed by atoms with Crippen LogP contribution in [0.3, 0.4) is 0 Å². The first-order valence-corrected chi connectivity index (χ1v) is 10.6. The Bertz CT molecular complexity index is 775. The molecule has 0 amide bonds. The van der Waals surface area contributed by atoms with Crippen molar-refractivity contribution in [2.24, 2.45) is 17.8 Å². The summed E-state index contributed by atoms with van der Waals surface area (Å²) in [5.74, 6) is 0.780. The Labute approximate surface area is 175 Å². The molecular weight excluding hydrogens is 394 g/mol. The molecule has 3 rings (SSSR count). The minimum absolute atomic E-state index is 0.177. The summed E-state index contributed by atoms with van der Waals surface area (Å²) in [4.78, 5) is 0. The van der Waals surface area contributed by atoms with Crippen molar-refractivity contribution in [1.29, 1.82) is 5.26 Å². The molecule has 0 aliphatic heterocycles. The first-order chi connectivity index (χ1) is 14.3. The second kappa shape index (κ2) is 10.1. The van der Waals surface area contributed by atoms with Crippen LogP contribution in [-0.2, 0) is 0 Å². The Morgan fingerprint density at radius 1 is 0.867 bits per heavy atom. The highest BCUT2D eigenvalue weighted by atomic mass is 19.4. The van der Waals surface area contributed by atoms with E-state index in [-0.39, 0.29) is 11.7 Å². The van der Waals surface area contributed by atoms with E-state index in [2.05, 4.69) is 16.9 Å². The zero-order valence-electron chi connectivity index (χ0n) is 16.9. The summed E-state index contributed by atoms with van der Waals surface area (Å²) in [5, 5.41) is 8.54. The van der Waals surface area contributed by atoms with Crippen LogP contribution in [0.25, 0.3) is 0 Å². The van der Waals surface area contributed by atoms with Gasteiger partial charge in [0.1, 0.15) is 11.8 Å². The van der Waals surface area contributed by atoms with Crippen LogP contribution in [0.4, 0.5) is 17.6 Å². The van der Waals surface area contributed by atoms with Crippen molar-refractivity contribution >= 4 is 0 Å². The van der Waals surface area contributed by atoms with Crippen molar-refractivity contribution in [2.45, 2.75) is 63.6 Å². The molecule has 0 N–H and O–H groups in total. The summed E-state index contributed by atoms with van der Waals surface area (Å²) in [6.45, 7) is 0. The first-order valence-electron chi connectivity index (χ1n) is 10.6. The summed E-state index contributed by atoms with van der Waals surface area (Å²) in [5.41, 5.74) is 1.07. The molecule has 1 aromatic rings. The molecule has 2 aliphatic carbocycles. The van der Waals surface area contributed by atoms with Gasteiger partial charge in [-0.2, -0.15) is 9.65 Å². The van der Waals surface area contributed by atoms with Gasteiger partial charge in [0.25, 0.3) is 0 Å². The lowest BCUT2D eigenvalue weighted by molar-refractivity contribution is -0.274. The molecule has 0 heterocycles. The predicted molar refractivity (Wildman–Crippen MR) is 107 cm³/mol. The summed E-state index contributed by atoms with van der Waals surface area (Å²) >= 11 is 0. The molecule has 1 aromatic carbocycles. The standard InChI is InChI=1S/C24H27F4NO/c25-22(16-29)15-19-5-3-17(4-6-19)1-2-18-7-9-20(10-8-18)21-11-13-23(14-12-21)30-24(26,27)28/h1-2,11-15,17-20H,3-10H2/b2-1+,22-15?/t17-,18-,19-,20-. The average Bonchev–Trinajstić information content (AvgIpc) is 2.73. The second-order valence-corrected chi connectivity index (χ2v) is 8.41. The molecule has 0 aromatic heterocycles. The van der Waals surface area contributed by atoms with Crippen LogP contribution in [0.2, 0.25) is 0 Å². The maximum absolute atomic E-state index is 13.1. The predicted octanol–water partition coefficient (Wildman–Crippen LogP) is 7.60. The molecular formula is C24H27F4NO. The molecule has 2 saturated carbocycles. The van der Waals surface area contributed by atoms with Crippen LogP contribution in [0.15, 0.2) is 48.3 Å². The van der Waals surface area contributed by atoms with E-state index in [0.717, 1.165) is 56.9 Å². The van der Waals surface area contributed by atoms with Crippen LogP contribution in [0.5, 0.6) is 5.75 Å². The monoisotopic (exact) mass is 421 g/mol. The van der Waals surface area contributed by atoms with Crippen LogP contribution >= 0.6 is 0 Å². The smallest absolute Gasteiger partial charge is 0.406 e. The summed E-state index contributed by atoms with van der Waals surface area (Å²) in [6, 6.07) is 7.81. The minimum Gasteiger partial charge on any atom is -0.406 e. The van der Waals surface area contributed by atoms with E-state index in [4.69, 9.17) is 5.26 Å². The molecule has 0 radical (unpaired) electrons. The number of alkyl halides is 3. The number of hydrogen-bond acceptors (Lipinski definition) is 2. The Balaban J connectivity index is 1.42. The first kappa shape index (κ1) is 22.4. The lowest BCUT2D eigenvalue weighted by Crippen LogP contribution is -2.17. The van der Waals surface area contributed by atoms with Crippen molar-refractivity contribution in [1.82, 2.24) is 0 Å². The van der Waals surface area contributed by atoms with Gasteiger partial charge < -0.3 is 4.74 Å². The quantitative estimate of drug-likeness (QED) is 0.279. The molecule has 2 nitrogen and oxygen atoms in total. The third-order valence-corrected chi connectivity index (χ3v) is 6.32. The Morgan fingerprint density at radius 2 is 1.37 bits per heavy atom. The van der Waals surface area contributed by atoms with Crippen molar-refractivity contribution in [2.75, 3.05) is 0 Å². The van der Waals surface area contributed by atoms with Crippen LogP contribution in [0, 0.1) is 29.1 Å². The van der Waals surface area contributed by atoms with Gasteiger partial charge in [-0.1, -0.05) is 24.3 Å². The number of allylic oxidation sites excluding steroid dienone is 4. The molecule has 30 heavy (non-hydrogen) atoms. The number of halogens is 4. The highest BCUT2D eigenvalue weighted by Gasteiger charge is 2.31. The van der Waals surface area contributed by atoms with Gasteiger partial charge >= 0.3 is 6.36 Å². The van der Waals surface area contributed by atoms with Crippen molar-refractivity contribution in [3.8, 4) is 11.8 Å². The third kappa shape index (κ3) is 6.90. The number of rotatable bonds is 5. The van der Waals surface area contributed by atoms with E-state index >= 15 is 0 Å².